The first-order chi connectivity index (χ1) is 15.0. The molecule has 31 heavy (non-hydrogen) atoms. The highest BCUT2D eigenvalue weighted by Gasteiger charge is 2.07. The summed E-state index contributed by atoms with van der Waals surface area (Å²) in [5.74, 6) is 1.47. The highest BCUT2D eigenvalue weighted by molar-refractivity contribution is 5.66. The number of terminal acetylenes is 1. The molecule has 0 heterocycles. The minimum atomic E-state index is -0.733. The predicted octanol–water partition coefficient (Wildman–Crippen LogP) is 7.91. The maximum absolute atomic E-state index is 10.7. The van der Waals surface area contributed by atoms with E-state index in [0.717, 1.165) is 56.9 Å². The molecule has 4 heteroatoms. The van der Waals surface area contributed by atoms with Crippen LogP contribution in [0.4, 0.5) is 0 Å². The average Bonchev–Trinajstić information content (AvgIpc) is 2.73. The Kier molecular flexibility index (Phi) is 20.3. The van der Waals surface area contributed by atoms with Gasteiger partial charge in [0, 0.05) is 18.4 Å². The first-order valence-corrected chi connectivity index (χ1v) is 12.6. The number of carboxylic acids is 2. The molecule has 0 fully saturated rings. The normalized spacial score (nSPS) is 10.6. The lowest BCUT2D eigenvalue weighted by Gasteiger charge is -2.12. The molecule has 0 aliphatic carbocycles. The van der Waals surface area contributed by atoms with E-state index < -0.39 is 11.9 Å². The number of allylic oxidation sites excluding steroid dienone is 2. The van der Waals surface area contributed by atoms with Gasteiger partial charge in [-0.3, -0.25) is 9.59 Å². The molecule has 0 saturated heterocycles. The van der Waals surface area contributed by atoms with Gasteiger partial charge in [0.2, 0.25) is 0 Å². The van der Waals surface area contributed by atoms with E-state index in [0.29, 0.717) is 12.8 Å². The third kappa shape index (κ3) is 19.9. The van der Waals surface area contributed by atoms with E-state index in [9.17, 15) is 9.59 Å². The zero-order valence-electron chi connectivity index (χ0n) is 19.9. The van der Waals surface area contributed by atoms with Crippen molar-refractivity contribution in [2.75, 3.05) is 0 Å². The Labute approximate surface area is 190 Å². The Morgan fingerprint density at radius 2 is 0.935 bits per heavy atom. The molecule has 0 aromatic carbocycles. The monoisotopic (exact) mass is 434 g/mol. The van der Waals surface area contributed by atoms with Crippen molar-refractivity contribution in [1.29, 1.82) is 0 Å². The third-order valence-electron chi connectivity index (χ3n) is 5.87. The second-order valence-electron chi connectivity index (χ2n) is 8.71. The third-order valence-corrected chi connectivity index (χ3v) is 5.87. The van der Waals surface area contributed by atoms with E-state index in [2.05, 4.69) is 12.8 Å². The Morgan fingerprint density at radius 1 is 0.581 bits per heavy atom. The van der Waals surface area contributed by atoms with Crippen LogP contribution in [0.15, 0.2) is 11.1 Å². The Hall–Kier alpha value is -1.76. The number of hydrogen-bond acceptors (Lipinski definition) is 2. The van der Waals surface area contributed by atoms with Crippen molar-refractivity contribution in [1.82, 2.24) is 0 Å². The van der Waals surface area contributed by atoms with Crippen molar-refractivity contribution in [3.8, 4) is 12.3 Å². The van der Waals surface area contributed by atoms with Crippen molar-refractivity contribution >= 4 is 11.9 Å². The molecule has 0 bridgehead atoms. The lowest BCUT2D eigenvalue weighted by atomic mass is 9.93. The fourth-order valence-corrected chi connectivity index (χ4v) is 3.97. The van der Waals surface area contributed by atoms with E-state index in [1.54, 1.807) is 0 Å². The summed E-state index contributed by atoms with van der Waals surface area (Å²) in [5, 5.41) is 17.6. The van der Waals surface area contributed by atoms with Crippen molar-refractivity contribution in [3.05, 3.63) is 11.1 Å². The van der Waals surface area contributed by atoms with Crippen LogP contribution in [0, 0.1) is 12.3 Å². The van der Waals surface area contributed by atoms with Gasteiger partial charge in [0.1, 0.15) is 0 Å². The fourth-order valence-electron chi connectivity index (χ4n) is 3.97. The van der Waals surface area contributed by atoms with Crippen LogP contribution in [0.2, 0.25) is 0 Å². The van der Waals surface area contributed by atoms with Gasteiger partial charge in [-0.25, -0.2) is 0 Å². The van der Waals surface area contributed by atoms with Crippen LogP contribution in [0.1, 0.15) is 135 Å². The highest BCUT2D eigenvalue weighted by Crippen LogP contribution is 2.24. The second-order valence-corrected chi connectivity index (χ2v) is 8.71. The Balaban J connectivity index is 4.41. The number of rotatable bonds is 22. The van der Waals surface area contributed by atoms with Crippen LogP contribution < -0.4 is 0 Å². The van der Waals surface area contributed by atoms with Gasteiger partial charge in [-0.15, -0.1) is 6.42 Å². The fraction of sp³-hybridized carbons (Fsp3) is 0.778. The maximum atomic E-state index is 10.7. The molecule has 4 nitrogen and oxygen atoms in total. The van der Waals surface area contributed by atoms with Gasteiger partial charge < -0.3 is 10.2 Å². The van der Waals surface area contributed by atoms with Crippen molar-refractivity contribution in [3.63, 3.8) is 0 Å². The molecule has 0 atom stereocenters. The summed E-state index contributed by atoms with van der Waals surface area (Å²) in [6, 6.07) is 0. The molecule has 0 unspecified atom stereocenters. The predicted molar refractivity (Wildman–Crippen MR) is 129 cm³/mol. The van der Waals surface area contributed by atoms with Crippen LogP contribution in [-0.2, 0) is 9.59 Å². The van der Waals surface area contributed by atoms with E-state index in [1.807, 2.05) is 0 Å². The van der Waals surface area contributed by atoms with Gasteiger partial charge in [0.25, 0.3) is 0 Å². The van der Waals surface area contributed by atoms with E-state index >= 15 is 0 Å². The number of hydrogen-bond donors (Lipinski definition) is 2. The summed E-state index contributed by atoms with van der Waals surface area (Å²) in [6.45, 7) is 2.25. The summed E-state index contributed by atoms with van der Waals surface area (Å²) in [4.78, 5) is 21.4. The molecule has 0 rings (SSSR count). The summed E-state index contributed by atoms with van der Waals surface area (Å²) in [7, 11) is 0. The van der Waals surface area contributed by atoms with E-state index in [1.165, 1.54) is 56.9 Å². The first-order valence-electron chi connectivity index (χ1n) is 12.6. The SMILES string of the molecule is C#CC(CCCCCCCCCCC)=C(CCCCCC(=O)O)CCCCCC(=O)O. The van der Waals surface area contributed by atoms with Gasteiger partial charge in [-0.1, -0.05) is 82.6 Å². The lowest BCUT2D eigenvalue weighted by Crippen LogP contribution is -1.97. The quantitative estimate of drug-likeness (QED) is 0.134. The molecule has 2 N–H and O–H groups in total. The molecular formula is C27H46O4. The largest absolute Gasteiger partial charge is 0.481 e. The van der Waals surface area contributed by atoms with Crippen LogP contribution in [0.25, 0.3) is 0 Å². The molecule has 0 aliphatic rings. The summed E-state index contributed by atoms with van der Waals surface area (Å²) < 4.78 is 0. The van der Waals surface area contributed by atoms with Gasteiger partial charge >= 0.3 is 11.9 Å². The van der Waals surface area contributed by atoms with Gasteiger partial charge in [0.15, 0.2) is 0 Å². The molecule has 0 radical (unpaired) electrons. The standard InChI is InChI=1S/C27H46O4/c1-3-5-6-7-8-9-10-11-14-19-24(4-2)25(20-15-12-17-22-26(28)29)21-16-13-18-23-27(30)31/h2H,3,5-23H2,1H3,(H,28,29)(H,30,31). The van der Waals surface area contributed by atoms with E-state index in [4.69, 9.17) is 16.6 Å². The molecular weight excluding hydrogens is 388 g/mol. The molecule has 0 saturated carbocycles. The zero-order chi connectivity index (χ0) is 23.2. The number of aliphatic carboxylic acids is 2. The van der Waals surface area contributed by atoms with Crippen molar-refractivity contribution < 1.29 is 19.8 Å². The minimum Gasteiger partial charge on any atom is -0.481 e. The average molecular weight is 435 g/mol. The number of unbranched alkanes of at least 4 members (excludes halogenated alkanes) is 12. The van der Waals surface area contributed by atoms with Crippen LogP contribution in [0.3, 0.4) is 0 Å². The summed E-state index contributed by atoms with van der Waals surface area (Å²) >= 11 is 0. The van der Waals surface area contributed by atoms with Crippen molar-refractivity contribution in [2.24, 2.45) is 0 Å². The van der Waals surface area contributed by atoms with Gasteiger partial charge in [-0.05, 0) is 51.4 Å². The summed E-state index contributed by atoms with van der Waals surface area (Å²) in [5.41, 5.74) is 2.48. The first kappa shape index (κ1) is 29.2. The van der Waals surface area contributed by atoms with Gasteiger partial charge in [-0.2, -0.15) is 0 Å². The molecule has 0 amide bonds. The van der Waals surface area contributed by atoms with Crippen molar-refractivity contribution in [2.45, 2.75) is 135 Å². The van der Waals surface area contributed by atoms with Crippen LogP contribution in [0.5, 0.6) is 0 Å². The van der Waals surface area contributed by atoms with Crippen LogP contribution >= 0.6 is 0 Å². The Morgan fingerprint density at radius 3 is 1.35 bits per heavy atom. The smallest absolute Gasteiger partial charge is 0.303 e. The molecule has 0 aliphatic heterocycles. The summed E-state index contributed by atoms with van der Waals surface area (Å²) in [6.07, 6.45) is 26.0. The lowest BCUT2D eigenvalue weighted by molar-refractivity contribution is -0.138. The minimum absolute atomic E-state index is 0.231. The van der Waals surface area contributed by atoms with E-state index in [-0.39, 0.29) is 12.8 Å². The number of carboxylic acid groups (broad SMARTS) is 2. The number of carbonyl (C=O) groups is 2. The molecule has 178 valence electrons. The molecule has 0 aromatic heterocycles. The zero-order valence-corrected chi connectivity index (χ0v) is 19.9. The van der Waals surface area contributed by atoms with Crippen LogP contribution in [-0.4, -0.2) is 22.2 Å². The molecule has 0 aromatic rings. The highest BCUT2D eigenvalue weighted by atomic mass is 16.4. The molecule has 0 spiro atoms. The maximum Gasteiger partial charge on any atom is 0.303 e. The second kappa shape index (κ2) is 21.5. The Bertz CT molecular complexity index is 516. The topological polar surface area (TPSA) is 74.6 Å². The van der Waals surface area contributed by atoms with Gasteiger partial charge in [0.05, 0.1) is 0 Å².